The third-order valence-corrected chi connectivity index (χ3v) is 5.35. The molecule has 4 rings (SSSR count). The number of anilines is 1. The highest BCUT2D eigenvalue weighted by Crippen LogP contribution is 2.37. The smallest absolute Gasteiger partial charge is 0.355 e. The van der Waals surface area contributed by atoms with E-state index in [0.717, 1.165) is 5.56 Å². The van der Waals surface area contributed by atoms with Gasteiger partial charge in [-0.05, 0) is 51.2 Å². The molecular formula is C23H22FN5O3. The van der Waals surface area contributed by atoms with Crippen molar-refractivity contribution in [2.75, 3.05) is 12.4 Å². The van der Waals surface area contributed by atoms with Crippen molar-refractivity contribution >= 4 is 17.7 Å². The van der Waals surface area contributed by atoms with E-state index in [0.29, 0.717) is 5.56 Å². The fourth-order valence-corrected chi connectivity index (χ4v) is 3.62. The van der Waals surface area contributed by atoms with Crippen LogP contribution in [0.2, 0.25) is 0 Å². The number of ketones is 1. The van der Waals surface area contributed by atoms with Crippen LogP contribution >= 0.6 is 0 Å². The van der Waals surface area contributed by atoms with Gasteiger partial charge in [0.1, 0.15) is 17.6 Å². The molecule has 2 heterocycles. The Labute approximate surface area is 184 Å². The van der Waals surface area contributed by atoms with Crippen LogP contribution in [-0.2, 0) is 14.9 Å². The van der Waals surface area contributed by atoms with E-state index in [4.69, 9.17) is 4.74 Å². The number of aromatic nitrogens is 4. The number of allylic oxidation sites excluding steroid dienone is 1. The summed E-state index contributed by atoms with van der Waals surface area (Å²) in [5.41, 5.74) is 2.01. The van der Waals surface area contributed by atoms with Gasteiger partial charge in [-0.1, -0.05) is 50.1 Å². The molecule has 1 aliphatic rings. The zero-order valence-electron chi connectivity index (χ0n) is 18.1. The highest BCUT2D eigenvalue weighted by atomic mass is 19.1. The van der Waals surface area contributed by atoms with Crippen molar-refractivity contribution in [3.8, 4) is 0 Å². The summed E-state index contributed by atoms with van der Waals surface area (Å²) >= 11 is 0. The van der Waals surface area contributed by atoms with E-state index in [1.165, 1.54) is 36.1 Å². The molecule has 0 saturated carbocycles. The van der Waals surface area contributed by atoms with Crippen LogP contribution in [0.3, 0.4) is 0 Å². The summed E-state index contributed by atoms with van der Waals surface area (Å²) in [6.45, 7) is 6.31. The number of carbonyl (C=O) groups excluding carboxylic acids is 2. The molecule has 1 atom stereocenters. The Morgan fingerprint density at radius 1 is 1.06 bits per heavy atom. The maximum absolute atomic E-state index is 13.6. The number of halogens is 1. The molecular weight excluding hydrogens is 413 g/mol. The Balaban J connectivity index is 1.91. The first-order valence-electron chi connectivity index (χ1n) is 9.99. The molecule has 1 aromatic heterocycles. The number of ether oxygens (including phenoxy) is 1. The number of methoxy groups -OCH3 is 1. The Morgan fingerprint density at radius 3 is 2.31 bits per heavy atom. The number of benzene rings is 2. The van der Waals surface area contributed by atoms with Crippen molar-refractivity contribution in [2.24, 2.45) is 0 Å². The number of Topliss-reactive ketones (excluding diaryl/α,β-unsaturated/α-hetero) is 1. The molecule has 0 amide bonds. The summed E-state index contributed by atoms with van der Waals surface area (Å²) in [5.74, 6) is -1.47. The van der Waals surface area contributed by atoms with E-state index in [-0.39, 0.29) is 28.2 Å². The monoisotopic (exact) mass is 435 g/mol. The van der Waals surface area contributed by atoms with E-state index in [2.05, 4.69) is 41.6 Å². The van der Waals surface area contributed by atoms with Crippen LogP contribution in [0.25, 0.3) is 0 Å². The molecule has 0 bridgehead atoms. The van der Waals surface area contributed by atoms with Crippen molar-refractivity contribution in [3.05, 3.63) is 82.3 Å². The number of nitrogens with one attached hydrogen (secondary N) is 1. The van der Waals surface area contributed by atoms with Crippen LogP contribution in [0.15, 0.2) is 59.8 Å². The van der Waals surface area contributed by atoms with Crippen LogP contribution in [0.1, 0.15) is 48.3 Å². The van der Waals surface area contributed by atoms with Crippen LogP contribution in [0.4, 0.5) is 10.3 Å². The van der Waals surface area contributed by atoms with Gasteiger partial charge in [0.05, 0.1) is 12.7 Å². The molecule has 0 radical (unpaired) electrons. The number of tetrazole rings is 1. The van der Waals surface area contributed by atoms with Gasteiger partial charge in [0.15, 0.2) is 5.78 Å². The summed E-state index contributed by atoms with van der Waals surface area (Å²) < 4.78 is 19.8. The van der Waals surface area contributed by atoms with Gasteiger partial charge in [-0.15, -0.1) is 0 Å². The third kappa shape index (κ3) is 3.77. The minimum absolute atomic E-state index is 0.0611. The van der Waals surface area contributed by atoms with Gasteiger partial charge in [0, 0.05) is 5.56 Å². The van der Waals surface area contributed by atoms with Gasteiger partial charge in [-0.3, -0.25) is 4.79 Å². The number of rotatable bonds is 4. The lowest BCUT2D eigenvalue weighted by atomic mass is 9.84. The van der Waals surface area contributed by atoms with E-state index in [9.17, 15) is 14.0 Å². The number of fused-ring (bicyclic) bond motifs is 1. The quantitative estimate of drug-likeness (QED) is 0.495. The molecule has 0 fully saturated rings. The Hall–Kier alpha value is -3.88. The van der Waals surface area contributed by atoms with Crippen LogP contribution < -0.4 is 5.32 Å². The van der Waals surface area contributed by atoms with Crippen molar-refractivity contribution in [3.63, 3.8) is 0 Å². The maximum atomic E-state index is 13.6. The van der Waals surface area contributed by atoms with Crippen molar-refractivity contribution in [2.45, 2.75) is 32.2 Å². The average Bonchev–Trinajstić information content (AvgIpc) is 3.25. The second-order valence-electron chi connectivity index (χ2n) is 8.46. The van der Waals surface area contributed by atoms with Crippen molar-refractivity contribution in [1.82, 2.24) is 20.2 Å². The van der Waals surface area contributed by atoms with Gasteiger partial charge >= 0.3 is 5.97 Å². The van der Waals surface area contributed by atoms with Gasteiger partial charge in [0.2, 0.25) is 5.95 Å². The fraction of sp³-hybridized carbons (Fsp3) is 0.261. The molecule has 32 heavy (non-hydrogen) atoms. The third-order valence-electron chi connectivity index (χ3n) is 5.35. The van der Waals surface area contributed by atoms with Crippen LogP contribution in [0, 0.1) is 5.82 Å². The van der Waals surface area contributed by atoms with Gasteiger partial charge in [0.25, 0.3) is 0 Å². The first kappa shape index (κ1) is 21.4. The molecule has 3 aromatic rings. The minimum Gasteiger partial charge on any atom is -0.464 e. The predicted molar refractivity (Wildman–Crippen MR) is 114 cm³/mol. The molecule has 9 heteroatoms. The summed E-state index contributed by atoms with van der Waals surface area (Å²) in [4.78, 5) is 26.2. The molecule has 2 aromatic carbocycles. The van der Waals surface area contributed by atoms with Gasteiger partial charge in [-0.25, -0.2) is 9.18 Å². The lowest BCUT2D eigenvalue weighted by Crippen LogP contribution is -2.33. The normalized spacial score (nSPS) is 15.7. The lowest BCUT2D eigenvalue weighted by molar-refractivity contribution is -0.136. The van der Waals surface area contributed by atoms with E-state index < -0.39 is 23.6 Å². The van der Waals surface area contributed by atoms with E-state index in [1.807, 2.05) is 24.3 Å². The molecule has 0 spiro atoms. The van der Waals surface area contributed by atoms with E-state index >= 15 is 0 Å². The summed E-state index contributed by atoms with van der Waals surface area (Å²) in [7, 11) is 1.22. The second-order valence-corrected chi connectivity index (χ2v) is 8.46. The molecule has 0 unspecified atom stereocenters. The van der Waals surface area contributed by atoms with Gasteiger partial charge in [-0.2, -0.15) is 4.68 Å². The maximum Gasteiger partial charge on any atom is 0.355 e. The summed E-state index contributed by atoms with van der Waals surface area (Å²) in [5, 5.41) is 14.5. The highest BCUT2D eigenvalue weighted by Gasteiger charge is 2.38. The zero-order valence-corrected chi connectivity index (χ0v) is 18.1. The average molecular weight is 435 g/mol. The standard InChI is InChI=1S/C23H22FN5O3/c1-23(2,3)15-9-5-13(6-10-15)19-17(20(30)14-7-11-16(24)12-8-14)18(21(31)32-4)25-22-26-27-28-29(19)22/h5-12,19H,1-4H3,(H,25,26,28)/t19-/m1/s1. The molecule has 0 aliphatic carbocycles. The summed E-state index contributed by atoms with van der Waals surface area (Å²) in [6, 6.07) is 12.0. The van der Waals surface area contributed by atoms with Crippen LogP contribution in [0.5, 0.6) is 0 Å². The van der Waals surface area contributed by atoms with Crippen molar-refractivity contribution < 1.29 is 18.7 Å². The molecule has 8 nitrogen and oxygen atoms in total. The molecule has 1 N–H and O–H groups in total. The van der Waals surface area contributed by atoms with Gasteiger partial charge < -0.3 is 10.1 Å². The highest BCUT2D eigenvalue weighted by molar-refractivity contribution is 6.14. The van der Waals surface area contributed by atoms with Crippen LogP contribution in [-0.4, -0.2) is 39.1 Å². The molecule has 1 aliphatic heterocycles. The molecule has 164 valence electrons. The number of hydrogen-bond acceptors (Lipinski definition) is 7. The van der Waals surface area contributed by atoms with Crippen molar-refractivity contribution in [1.29, 1.82) is 0 Å². The number of hydrogen-bond donors (Lipinski definition) is 1. The lowest BCUT2D eigenvalue weighted by Gasteiger charge is -2.28. The minimum atomic E-state index is -0.790. The number of nitrogens with zero attached hydrogens (tertiary/aromatic N) is 4. The Morgan fingerprint density at radius 2 is 1.72 bits per heavy atom. The van der Waals surface area contributed by atoms with E-state index in [1.54, 1.807) is 0 Å². The molecule has 0 saturated heterocycles. The largest absolute Gasteiger partial charge is 0.464 e. The Bertz CT molecular complexity index is 1210. The number of carbonyl (C=O) groups is 2. The zero-order chi connectivity index (χ0) is 23.0. The summed E-state index contributed by atoms with van der Waals surface area (Å²) in [6.07, 6.45) is 0. The number of esters is 1. The SMILES string of the molecule is COC(=O)C1=C(C(=O)c2ccc(F)cc2)[C@@H](c2ccc(C(C)(C)C)cc2)n2nnnc2N1. The predicted octanol–water partition coefficient (Wildman–Crippen LogP) is 3.43. The first-order valence-corrected chi connectivity index (χ1v) is 9.99. The second kappa shape index (κ2) is 7.99. The Kier molecular flexibility index (Phi) is 5.33. The topological polar surface area (TPSA) is 99.0 Å². The fourth-order valence-electron chi connectivity index (χ4n) is 3.62. The first-order chi connectivity index (χ1) is 15.2.